The van der Waals surface area contributed by atoms with Crippen LogP contribution in [0.3, 0.4) is 0 Å². The lowest BCUT2D eigenvalue weighted by Gasteiger charge is -2.33. The molecule has 3 aliphatic rings. The van der Waals surface area contributed by atoms with Gasteiger partial charge in [-0.25, -0.2) is 0 Å². The van der Waals surface area contributed by atoms with E-state index in [1.165, 1.54) is 24.1 Å². The molecule has 0 radical (unpaired) electrons. The highest BCUT2D eigenvalue weighted by Crippen LogP contribution is 2.33. The number of Topliss-reactive ketones (excluding diaryl/α,β-unsaturated/α-hetero) is 1. The third-order valence-corrected chi connectivity index (χ3v) is 4.61. The van der Waals surface area contributed by atoms with Crippen LogP contribution in [0.1, 0.15) is 32.1 Å². The number of benzene rings is 1. The van der Waals surface area contributed by atoms with Crippen molar-refractivity contribution in [2.75, 3.05) is 5.32 Å². The number of allylic oxidation sites excluding steroid dienone is 4. The minimum Gasteiger partial charge on any atom is -0.375 e. The normalized spacial score (nSPS) is 23.8. The van der Waals surface area contributed by atoms with Gasteiger partial charge in [0, 0.05) is 23.5 Å². The van der Waals surface area contributed by atoms with Gasteiger partial charge in [-0.15, -0.1) is 0 Å². The Labute approximate surface area is 130 Å². The zero-order chi connectivity index (χ0) is 14.9. The summed E-state index contributed by atoms with van der Waals surface area (Å²) in [6.07, 6.45) is 9.54. The standard InChI is InChI=1S/C19H20N2O/c22-18-12-16(20-15-7-2-1-3-8-15)11-14-10-13-6-4-5-9-17(13)21-19(14)18/h1-3,7-8,10-11,19-21H,4-6,9,12H2. The minimum absolute atomic E-state index is 0.141. The molecule has 1 atom stereocenters. The Balaban J connectivity index is 1.63. The number of anilines is 1. The second kappa shape index (κ2) is 5.48. The number of carbonyl (C=O) groups is 1. The van der Waals surface area contributed by atoms with Crippen LogP contribution in [-0.2, 0) is 4.79 Å². The minimum atomic E-state index is -0.141. The fourth-order valence-corrected chi connectivity index (χ4v) is 3.52. The molecule has 1 heterocycles. The number of hydrogen-bond acceptors (Lipinski definition) is 3. The molecule has 1 aliphatic heterocycles. The SMILES string of the molecule is O=C1CC(Nc2ccccc2)=CC2=CC3=C(CCCC3)NC12. The van der Waals surface area contributed by atoms with Crippen LogP contribution in [0.5, 0.6) is 0 Å². The average molecular weight is 292 g/mol. The van der Waals surface area contributed by atoms with Crippen molar-refractivity contribution < 1.29 is 4.79 Å². The van der Waals surface area contributed by atoms with E-state index in [-0.39, 0.29) is 11.8 Å². The van der Waals surface area contributed by atoms with E-state index in [0.29, 0.717) is 6.42 Å². The molecule has 22 heavy (non-hydrogen) atoms. The quantitative estimate of drug-likeness (QED) is 0.873. The van der Waals surface area contributed by atoms with Crippen LogP contribution in [0.25, 0.3) is 0 Å². The van der Waals surface area contributed by atoms with E-state index < -0.39 is 0 Å². The summed E-state index contributed by atoms with van der Waals surface area (Å²) in [5.41, 5.74) is 5.81. The number of carbonyl (C=O) groups excluding carboxylic acids is 1. The second-order valence-corrected chi connectivity index (χ2v) is 6.24. The highest BCUT2D eigenvalue weighted by atomic mass is 16.1. The molecule has 0 bridgehead atoms. The van der Waals surface area contributed by atoms with Gasteiger partial charge in [-0.2, -0.15) is 0 Å². The van der Waals surface area contributed by atoms with Crippen LogP contribution < -0.4 is 10.6 Å². The maximum atomic E-state index is 12.5. The summed E-state index contributed by atoms with van der Waals surface area (Å²) in [6.45, 7) is 0. The first kappa shape index (κ1) is 13.4. The smallest absolute Gasteiger partial charge is 0.165 e. The van der Waals surface area contributed by atoms with E-state index in [9.17, 15) is 4.79 Å². The van der Waals surface area contributed by atoms with Crippen LogP contribution in [-0.4, -0.2) is 11.8 Å². The van der Waals surface area contributed by atoms with Gasteiger partial charge in [-0.05, 0) is 55.0 Å². The third kappa shape index (κ3) is 2.47. The van der Waals surface area contributed by atoms with E-state index in [0.717, 1.165) is 29.8 Å². The maximum absolute atomic E-state index is 12.5. The lowest BCUT2D eigenvalue weighted by Crippen LogP contribution is -2.43. The van der Waals surface area contributed by atoms with Gasteiger partial charge >= 0.3 is 0 Å². The molecule has 112 valence electrons. The molecule has 0 amide bonds. The average Bonchev–Trinajstić information content (AvgIpc) is 2.54. The molecule has 0 spiro atoms. The number of rotatable bonds is 2. The molecular weight excluding hydrogens is 272 g/mol. The van der Waals surface area contributed by atoms with Crippen LogP contribution in [0.4, 0.5) is 5.69 Å². The van der Waals surface area contributed by atoms with Crippen molar-refractivity contribution in [1.82, 2.24) is 5.32 Å². The predicted octanol–water partition coefficient (Wildman–Crippen LogP) is 3.68. The summed E-state index contributed by atoms with van der Waals surface area (Å²) in [5.74, 6) is 0.254. The van der Waals surface area contributed by atoms with Crippen molar-refractivity contribution in [3.63, 3.8) is 0 Å². The van der Waals surface area contributed by atoms with E-state index >= 15 is 0 Å². The first-order valence-corrected chi connectivity index (χ1v) is 8.05. The highest BCUT2D eigenvalue weighted by Gasteiger charge is 2.31. The molecule has 1 aromatic rings. The van der Waals surface area contributed by atoms with Crippen molar-refractivity contribution in [2.45, 2.75) is 38.1 Å². The van der Waals surface area contributed by atoms with E-state index in [2.05, 4.69) is 22.8 Å². The molecule has 3 heteroatoms. The fourth-order valence-electron chi connectivity index (χ4n) is 3.52. The van der Waals surface area contributed by atoms with Gasteiger partial charge in [-0.3, -0.25) is 4.79 Å². The summed E-state index contributed by atoms with van der Waals surface area (Å²) < 4.78 is 0. The summed E-state index contributed by atoms with van der Waals surface area (Å²) in [4.78, 5) is 12.5. The Kier molecular flexibility index (Phi) is 3.34. The topological polar surface area (TPSA) is 41.1 Å². The van der Waals surface area contributed by atoms with Gasteiger partial charge in [0.05, 0.1) is 0 Å². The maximum Gasteiger partial charge on any atom is 0.165 e. The summed E-state index contributed by atoms with van der Waals surface area (Å²) >= 11 is 0. The molecular formula is C19H20N2O. The second-order valence-electron chi connectivity index (χ2n) is 6.24. The number of para-hydroxylation sites is 1. The summed E-state index contributed by atoms with van der Waals surface area (Å²) in [7, 11) is 0. The summed E-state index contributed by atoms with van der Waals surface area (Å²) in [5, 5.41) is 6.85. The van der Waals surface area contributed by atoms with Crippen molar-refractivity contribution in [3.05, 3.63) is 65.0 Å². The molecule has 1 unspecified atom stereocenters. The molecule has 0 saturated carbocycles. The lowest BCUT2D eigenvalue weighted by molar-refractivity contribution is -0.119. The lowest BCUT2D eigenvalue weighted by atomic mass is 9.84. The molecule has 0 saturated heterocycles. The Morgan fingerprint density at radius 2 is 1.86 bits per heavy atom. The first-order chi connectivity index (χ1) is 10.8. The predicted molar refractivity (Wildman–Crippen MR) is 88.3 cm³/mol. The van der Waals surface area contributed by atoms with Crippen molar-refractivity contribution in [3.8, 4) is 0 Å². The molecule has 0 aromatic heterocycles. The molecule has 3 nitrogen and oxygen atoms in total. The number of ketones is 1. The number of hydrogen-bond donors (Lipinski definition) is 2. The molecule has 2 aliphatic carbocycles. The van der Waals surface area contributed by atoms with Crippen LogP contribution in [0, 0.1) is 0 Å². The fraction of sp³-hybridized carbons (Fsp3) is 0.316. The first-order valence-electron chi connectivity index (χ1n) is 8.05. The Morgan fingerprint density at radius 1 is 1.05 bits per heavy atom. The highest BCUT2D eigenvalue weighted by molar-refractivity contribution is 5.93. The molecule has 1 aromatic carbocycles. The van der Waals surface area contributed by atoms with Crippen LogP contribution in [0.15, 0.2) is 65.0 Å². The Morgan fingerprint density at radius 3 is 2.73 bits per heavy atom. The van der Waals surface area contributed by atoms with Crippen LogP contribution in [0.2, 0.25) is 0 Å². The van der Waals surface area contributed by atoms with Gasteiger partial charge in [-0.1, -0.05) is 24.3 Å². The molecule has 0 fully saturated rings. The van der Waals surface area contributed by atoms with Gasteiger partial charge in [0.1, 0.15) is 6.04 Å². The number of nitrogens with one attached hydrogen (secondary N) is 2. The largest absolute Gasteiger partial charge is 0.375 e. The van der Waals surface area contributed by atoms with Crippen LogP contribution >= 0.6 is 0 Å². The van der Waals surface area contributed by atoms with E-state index in [1.54, 1.807) is 0 Å². The van der Waals surface area contributed by atoms with Crippen molar-refractivity contribution in [1.29, 1.82) is 0 Å². The monoisotopic (exact) mass is 292 g/mol. The van der Waals surface area contributed by atoms with Gasteiger partial charge in [0.2, 0.25) is 0 Å². The Hall–Kier alpha value is -2.29. The van der Waals surface area contributed by atoms with Crippen molar-refractivity contribution in [2.24, 2.45) is 0 Å². The molecule has 4 rings (SSSR count). The van der Waals surface area contributed by atoms with Gasteiger partial charge < -0.3 is 10.6 Å². The summed E-state index contributed by atoms with van der Waals surface area (Å²) in [6, 6.07) is 9.89. The van der Waals surface area contributed by atoms with Gasteiger partial charge in [0.15, 0.2) is 5.78 Å². The van der Waals surface area contributed by atoms with E-state index in [4.69, 9.17) is 0 Å². The van der Waals surface area contributed by atoms with Crippen molar-refractivity contribution >= 4 is 11.5 Å². The van der Waals surface area contributed by atoms with Gasteiger partial charge in [0.25, 0.3) is 0 Å². The molecule has 2 N–H and O–H groups in total. The number of fused-ring (bicyclic) bond motifs is 1. The zero-order valence-electron chi connectivity index (χ0n) is 12.6. The van der Waals surface area contributed by atoms with E-state index in [1.807, 2.05) is 30.3 Å². The Bertz CT molecular complexity index is 697. The number of dihydropyridines is 1. The third-order valence-electron chi connectivity index (χ3n) is 4.61. The zero-order valence-corrected chi connectivity index (χ0v) is 12.6.